The minimum Gasteiger partial charge on any atom is -0.362 e. The molecule has 0 aliphatic carbocycles. The molecule has 0 saturated carbocycles. The maximum atomic E-state index is 9.42. The van der Waals surface area contributed by atoms with Gasteiger partial charge in [-0.2, -0.15) is 5.26 Å². The number of hydrogen-bond acceptors (Lipinski definition) is 4. The molecule has 3 heterocycles. The van der Waals surface area contributed by atoms with Crippen molar-refractivity contribution in [1.29, 1.82) is 5.26 Å². The normalized spacial score (nSPS) is 19.6. The summed E-state index contributed by atoms with van der Waals surface area (Å²) in [7, 11) is 0. The monoisotopic (exact) mass is 261 g/mol. The van der Waals surface area contributed by atoms with E-state index < -0.39 is 0 Å². The lowest BCUT2D eigenvalue weighted by atomic mass is 9.88. The summed E-state index contributed by atoms with van der Waals surface area (Å²) in [6, 6.07) is 2.44. The van der Waals surface area contributed by atoms with E-state index in [-0.39, 0.29) is 0 Å². The summed E-state index contributed by atoms with van der Waals surface area (Å²) >= 11 is 1.83. The fraction of sp³-hybridized carbons (Fsp3) is 0.643. The predicted molar refractivity (Wildman–Crippen MR) is 75.0 cm³/mol. The van der Waals surface area contributed by atoms with E-state index in [0.29, 0.717) is 0 Å². The molecule has 2 aliphatic heterocycles. The number of rotatable bonds is 2. The van der Waals surface area contributed by atoms with Crippen LogP contribution in [0.25, 0.3) is 0 Å². The van der Waals surface area contributed by atoms with Gasteiger partial charge in [0.1, 0.15) is 11.1 Å². The zero-order valence-corrected chi connectivity index (χ0v) is 11.8. The van der Waals surface area contributed by atoms with E-state index in [1.54, 1.807) is 0 Å². The van der Waals surface area contributed by atoms with Crippen molar-refractivity contribution in [2.75, 3.05) is 24.5 Å². The molecular weight excluding hydrogens is 242 g/mol. The topological polar surface area (TPSA) is 39.1 Å². The fourth-order valence-corrected chi connectivity index (χ4v) is 4.04. The molecule has 0 unspecified atom stereocenters. The number of thiophene rings is 1. The van der Waals surface area contributed by atoms with Gasteiger partial charge >= 0.3 is 0 Å². The Labute approximate surface area is 112 Å². The average Bonchev–Trinajstić information content (AvgIpc) is 2.64. The van der Waals surface area contributed by atoms with E-state index in [4.69, 9.17) is 0 Å². The third-order valence-electron chi connectivity index (χ3n) is 4.16. The number of fused-ring (bicyclic) bond motifs is 1. The Hall–Kier alpha value is -1.05. The van der Waals surface area contributed by atoms with Crippen molar-refractivity contribution < 1.29 is 0 Å². The van der Waals surface area contributed by atoms with E-state index in [2.05, 4.69) is 30.1 Å². The van der Waals surface area contributed by atoms with Crippen LogP contribution in [0.15, 0.2) is 0 Å². The van der Waals surface area contributed by atoms with Gasteiger partial charge in [-0.05, 0) is 30.4 Å². The molecule has 1 saturated heterocycles. The molecule has 1 aromatic rings. The Balaban J connectivity index is 1.85. The molecule has 0 atom stereocenters. The van der Waals surface area contributed by atoms with Crippen molar-refractivity contribution >= 4 is 16.3 Å². The van der Waals surface area contributed by atoms with Crippen LogP contribution in [0.5, 0.6) is 0 Å². The highest BCUT2D eigenvalue weighted by molar-refractivity contribution is 7.16. The average molecular weight is 261 g/mol. The van der Waals surface area contributed by atoms with Crippen molar-refractivity contribution in [1.82, 2.24) is 5.32 Å². The van der Waals surface area contributed by atoms with E-state index >= 15 is 0 Å². The van der Waals surface area contributed by atoms with Gasteiger partial charge in [-0.25, -0.2) is 0 Å². The molecule has 18 heavy (non-hydrogen) atoms. The van der Waals surface area contributed by atoms with Crippen LogP contribution in [-0.2, 0) is 13.0 Å². The maximum absolute atomic E-state index is 9.42. The van der Waals surface area contributed by atoms with Crippen molar-refractivity contribution in [3.8, 4) is 6.07 Å². The van der Waals surface area contributed by atoms with Crippen LogP contribution < -0.4 is 10.2 Å². The zero-order valence-electron chi connectivity index (χ0n) is 11.0. The third-order valence-corrected chi connectivity index (χ3v) is 5.45. The number of nitriles is 1. The standard InChI is InChI=1S/C14H19N3S/c1-9(2)10-7-17(8-10)14-12(5-15)11-3-4-16-6-13(11)18-14/h9-10,16H,3-4,6-8H2,1-2H3. The SMILES string of the molecule is CC(C)C1CN(c2sc3c(c2C#N)CCNC3)C1. The number of anilines is 1. The molecule has 0 radical (unpaired) electrons. The van der Waals surface area contributed by atoms with Crippen molar-refractivity contribution in [3.63, 3.8) is 0 Å². The Bertz CT molecular complexity index is 492. The van der Waals surface area contributed by atoms with Crippen molar-refractivity contribution in [2.45, 2.75) is 26.8 Å². The van der Waals surface area contributed by atoms with Gasteiger partial charge in [-0.15, -0.1) is 11.3 Å². The molecule has 0 spiro atoms. The highest BCUT2D eigenvalue weighted by atomic mass is 32.1. The molecule has 96 valence electrons. The predicted octanol–water partition coefficient (Wildman–Crippen LogP) is 2.36. The van der Waals surface area contributed by atoms with Crippen LogP contribution in [0.4, 0.5) is 5.00 Å². The minimum absolute atomic E-state index is 0.753. The lowest BCUT2D eigenvalue weighted by molar-refractivity contribution is 0.311. The Morgan fingerprint density at radius 1 is 1.44 bits per heavy atom. The van der Waals surface area contributed by atoms with Gasteiger partial charge in [0.05, 0.1) is 5.56 Å². The van der Waals surface area contributed by atoms with E-state index in [1.807, 2.05) is 11.3 Å². The number of hydrogen-bond donors (Lipinski definition) is 1. The van der Waals surface area contributed by atoms with Crippen LogP contribution in [0.2, 0.25) is 0 Å². The van der Waals surface area contributed by atoms with Crippen LogP contribution in [0, 0.1) is 23.2 Å². The van der Waals surface area contributed by atoms with E-state index in [9.17, 15) is 5.26 Å². The zero-order chi connectivity index (χ0) is 12.7. The largest absolute Gasteiger partial charge is 0.362 e. The van der Waals surface area contributed by atoms with Gasteiger partial charge < -0.3 is 10.2 Å². The third kappa shape index (κ3) is 1.82. The summed E-state index contributed by atoms with van der Waals surface area (Å²) in [5, 5.41) is 14.0. The maximum Gasteiger partial charge on any atom is 0.110 e. The second-order valence-electron chi connectivity index (χ2n) is 5.63. The first-order valence-electron chi connectivity index (χ1n) is 6.71. The summed E-state index contributed by atoms with van der Waals surface area (Å²) in [4.78, 5) is 3.77. The van der Waals surface area contributed by atoms with Gasteiger partial charge in [0.2, 0.25) is 0 Å². The molecule has 2 aliphatic rings. The van der Waals surface area contributed by atoms with Crippen molar-refractivity contribution in [2.24, 2.45) is 11.8 Å². The molecular formula is C14H19N3S. The van der Waals surface area contributed by atoms with Crippen molar-refractivity contribution in [3.05, 3.63) is 16.0 Å². The molecule has 1 fully saturated rings. The Morgan fingerprint density at radius 2 is 2.22 bits per heavy atom. The molecule has 0 amide bonds. The quantitative estimate of drug-likeness (QED) is 0.888. The summed E-state index contributed by atoms with van der Waals surface area (Å²) < 4.78 is 0. The molecule has 4 heteroatoms. The van der Waals surface area contributed by atoms with Gasteiger partial charge in [-0.3, -0.25) is 0 Å². The number of nitrogens with one attached hydrogen (secondary N) is 1. The summed E-state index contributed by atoms with van der Waals surface area (Å²) in [6.07, 6.45) is 1.01. The Morgan fingerprint density at radius 3 is 2.89 bits per heavy atom. The smallest absolute Gasteiger partial charge is 0.110 e. The van der Waals surface area contributed by atoms with Crippen LogP contribution in [-0.4, -0.2) is 19.6 Å². The van der Waals surface area contributed by atoms with E-state index in [0.717, 1.165) is 50.0 Å². The van der Waals surface area contributed by atoms with Gasteiger partial charge in [0, 0.05) is 24.5 Å². The summed E-state index contributed by atoms with van der Waals surface area (Å²) in [6.45, 7) is 8.77. The van der Waals surface area contributed by atoms with Crippen LogP contribution >= 0.6 is 11.3 Å². The van der Waals surface area contributed by atoms with Gasteiger partial charge in [-0.1, -0.05) is 13.8 Å². The molecule has 3 rings (SSSR count). The molecule has 0 aromatic carbocycles. The first kappa shape index (κ1) is 12.0. The molecule has 0 bridgehead atoms. The highest BCUT2D eigenvalue weighted by Crippen LogP contribution is 2.41. The van der Waals surface area contributed by atoms with E-state index in [1.165, 1.54) is 15.4 Å². The Kier molecular flexibility index (Phi) is 3.04. The second kappa shape index (κ2) is 4.56. The van der Waals surface area contributed by atoms with Gasteiger partial charge in [0.25, 0.3) is 0 Å². The number of nitrogens with zero attached hydrogens (tertiary/aromatic N) is 2. The lowest BCUT2D eigenvalue weighted by Crippen LogP contribution is -2.49. The molecule has 1 N–H and O–H groups in total. The van der Waals surface area contributed by atoms with Crippen LogP contribution in [0.1, 0.15) is 29.9 Å². The molecule has 1 aromatic heterocycles. The lowest BCUT2D eigenvalue weighted by Gasteiger charge is -2.42. The van der Waals surface area contributed by atoms with Gasteiger partial charge in [0.15, 0.2) is 0 Å². The fourth-order valence-electron chi connectivity index (χ4n) is 2.76. The first-order valence-corrected chi connectivity index (χ1v) is 7.52. The highest BCUT2D eigenvalue weighted by Gasteiger charge is 2.33. The summed E-state index contributed by atoms with van der Waals surface area (Å²) in [5.74, 6) is 1.55. The summed E-state index contributed by atoms with van der Waals surface area (Å²) in [5.41, 5.74) is 2.27. The molecule has 3 nitrogen and oxygen atoms in total. The minimum atomic E-state index is 0.753. The first-order chi connectivity index (χ1) is 8.70. The van der Waals surface area contributed by atoms with Crippen LogP contribution in [0.3, 0.4) is 0 Å². The second-order valence-corrected chi connectivity index (χ2v) is 6.72.